The van der Waals surface area contributed by atoms with E-state index in [0.29, 0.717) is 22.6 Å². The molecule has 0 unspecified atom stereocenters. The van der Waals surface area contributed by atoms with Gasteiger partial charge in [0.05, 0.1) is 0 Å². The monoisotopic (exact) mass is 324 g/mol. The van der Waals surface area contributed by atoms with Crippen LogP contribution < -0.4 is 4.74 Å². The molecule has 0 saturated carbocycles. The molecular weight excluding hydrogens is 315 g/mol. The summed E-state index contributed by atoms with van der Waals surface area (Å²) in [5.74, 6) is 1.19. The van der Waals surface area contributed by atoms with Crippen LogP contribution in [0.5, 0.6) is 11.5 Å². The zero-order valence-corrected chi connectivity index (χ0v) is 12.1. The quantitative estimate of drug-likeness (QED) is 0.502. The predicted octanol–water partition coefficient (Wildman–Crippen LogP) is 4.23. The van der Waals surface area contributed by atoms with Gasteiger partial charge in [0.1, 0.15) is 11.5 Å². The SMILES string of the molecule is O/N=C(\Cl)c1ccc(Oc2ccc(/C(Cl)=N/O)cc2)cc1. The molecular formula is C14H10Cl2N2O3. The summed E-state index contributed by atoms with van der Waals surface area (Å²) in [6.45, 7) is 0. The first kappa shape index (κ1) is 15.2. The van der Waals surface area contributed by atoms with Crippen molar-refractivity contribution in [3.05, 3.63) is 59.7 Å². The van der Waals surface area contributed by atoms with Crippen LogP contribution in [0.3, 0.4) is 0 Å². The van der Waals surface area contributed by atoms with Crippen LogP contribution in [-0.4, -0.2) is 20.8 Å². The average molecular weight is 325 g/mol. The fraction of sp³-hybridized carbons (Fsp3) is 0. The van der Waals surface area contributed by atoms with Crippen LogP contribution in [0.15, 0.2) is 58.8 Å². The van der Waals surface area contributed by atoms with Gasteiger partial charge in [-0.1, -0.05) is 33.5 Å². The van der Waals surface area contributed by atoms with E-state index in [-0.39, 0.29) is 10.3 Å². The lowest BCUT2D eigenvalue weighted by Gasteiger charge is -2.06. The summed E-state index contributed by atoms with van der Waals surface area (Å²) in [6, 6.07) is 13.4. The Balaban J connectivity index is 2.11. The molecule has 0 aliphatic heterocycles. The Morgan fingerprint density at radius 3 is 1.33 bits per heavy atom. The van der Waals surface area contributed by atoms with Crippen LogP contribution in [-0.2, 0) is 0 Å². The molecule has 2 N–H and O–H groups in total. The van der Waals surface area contributed by atoms with E-state index in [0.717, 1.165) is 0 Å². The zero-order chi connectivity index (χ0) is 15.2. The molecule has 2 aromatic carbocycles. The van der Waals surface area contributed by atoms with Gasteiger partial charge in [-0.3, -0.25) is 0 Å². The highest BCUT2D eigenvalue weighted by molar-refractivity contribution is 6.69. The molecule has 5 nitrogen and oxygen atoms in total. The van der Waals surface area contributed by atoms with Crippen molar-refractivity contribution in [3.63, 3.8) is 0 Å². The van der Waals surface area contributed by atoms with Crippen molar-refractivity contribution in [3.8, 4) is 11.5 Å². The smallest absolute Gasteiger partial charge is 0.175 e. The zero-order valence-electron chi connectivity index (χ0n) is 10.6. The second-order valence-electron chi connectivity index (χ2n) is 3.93. The number of ether oxygens (including phenoxy) is 1. The van der Waals surface area contributed by atoms with Gasteiger partial charge in [0, 0.05) is 11.1 Å². The Morgan fingerprint density at radius 2 is 1.05 bits per heavy atom. The number of oxime groups is 2. The van der Waals surface area contributed by atoms with Crippen LogP contribution in [0.2, 0.25) is 0 Å². The first-order valence-electron chi connectivity index (χ1n) is 5.78. The van der Waals surface area contributed by atoms with E-state index in [9.17, 15) is 0 Å². The number of benzene rings is 2. The van der Waals surface area contributed by atoms with Crippen molar-refractivity contribution < 1.29 is 15.2 Å². The summed E-state index contributed by atoms with van der Waals surface area (Å²) in [5.41, 5.74) is 1.15. The molecule has 2 aromatic rings. The highest BCUT2D eigenvalue weighted by atomic mass is 35.5. The molecule has 0 saturated heterocycles. The molecule has 0 fully saturated rings. The van der Waals surface area contributed by atoms with E-state index < -0.39 is 0 Å². The minimum Gasteiger partial charge on any atom is -0.457 e. The first-order valence-corrected chi connectivity index (χ1v) is 6.53. The lowest BCUT2D eigenvalue weighted by molar-refractivity contribution is 0.320. The van der Waals surface area contributed by atoms with Crippen molar-refractivity contribution in [1.29, 1.82) is 0 Å². The van der Waals surface area contributed by atoms with Crippen LogP contribution in [0.1, 0.15) is 11.1 Å². The van der Waals surface area contributed by atoms with Crippen molar-refractivity contribution in [2.75, 3.05) is 0 Å². The van der Waals surface area contributed by atoms with Gasteiger partial charge in [-0.05, 0) is 48.5 Å². The molecule has 0 aromatic heterocycles. The summed E-state index contributed by atoms with van der Waals surface area (Å²) >= 11 is 11.4. The number of hydrogen-bond donors (Lipinski definition) is 2. The van der Waals surface area contributed by atoms with E-state index in [4.69, 9.17) is 38.4 Å². The van der Waals surface area contributed by atoms with Crippen molar-refractivity contribution >= 4 is 33.5 Å². The Hall–Kier alpha value is -2.24. The van der Waals surface area contributed by atoms with Gasteiger partial charge >= 0.3 is 0 Å². The third-order valence-corrected chi connectivity index (χ3v) is 3.18. The maximum atomic E-state index is 8.57. The minimum absolute atomic E-state index is 0.00355. The Bertz CT molecular complexity index is 608. The standard InChI is InChI=1S/C14H10Cl2N2O3/c15-13(17-19)9-1-5-11(6-2-9)21-12-7-3-10(4-8-12)14(16)18-20/h1-8,19-20H/b17-13-,18-14-. The minimum atomic E-state index is 0.00355. The van der Waals surface area contributed by atoms with E-state index in [1.54, 1.807) is 48.5 Å². The van der Waals surface area contributed by atoms with Gasteiger partial charge in [0.25, 0.3) is 0 Å². The summed E-state index contributed by atoms with van der Waals surface area (Å²) < 4.78 is 5.62. The molecule has 7 heteroatoms. The van der Waals surface area contributed by atoms with Crippen molar-refractivity contribution in [1.82, 2.24) is 0 Å². The van der Waals surface area contributed by atoms with Crippen molar-refractivity contribution in [2.24, 2.45) is 10.3 Å². The van der Waals surface area contributed by atoms with E-state index >= 15 is 0 Å². The number of halogens is 2. The lowest BCUT2D eigenvalue weighted by atomic mass is 10.2. The van der Waals surface area contributed by atoms with Gasteiger partial charge in [-0.2, -0.15) is 0 Å². The molecule has 0 radical (unpaired) electrons. The average Bonchev–Trinajstić information content (AvgIpc) is 2.55. The Labute approximate surface area is 130 Å². The summed E-state index contributed by atoms with van der Waals surface area (Å²) in [7, 11) is 0. The summed E-state index contributed by atoms with van der Waals surface area (Å²) in [6.07, 6.45) is 0. The third kappa shape index (κ3) is 3.87. The van der Waals surface area contributed by atoms with Crippen LogP contribution in [0, 0.1) is 0 Å². The third-order valence-electron chi connectivity index (χ3n) is 2.60. The molecule has 0 aliphatic rings. The van der Waals surface area contributed by atoms with Crippen molar-refractivity contribution in [2.45, 2.75) is 0 Å². The van der Waals surface area contributed by atoms with E-state index in [1.807, 2.05) is 0 Å². The lowest BCUT2D eigenvalue weighted by Crippen LogP contribution is -1.92. The topological polar surface area (TPSA) is 74.4 Å². The maximum absolute atomic E-state index is 8.57. The van der Waals surface area contributed by atoms with E-state index in [1.165, 1.54) is 0 Å². The van der Waals surface area contributed by atoms with Gasteiger partial charge < -0.3 is 15.2 Å². The van der Waals surface area contributed by atoms with Crippen LogP contribution >= 0.6 is 23.2 Å². The van der Waals surface area contributed by atoms with Crippen LogP contribution in [0.4, 0.5) is 0 Å². The fourth-order valence-corrected chi connectivity index (χ4v) is 1.82. The van der Waals surface area contributed by atoms with Gasteiger partial charge in [0.2, 0.25) is 0 Å². The molecule has 21 heavy (non-hydrogen) atoms. The van der Waals surface area contributed by atoms with Gasteiger partial charge in [-0.25, -0.2) is 0 Å². The van der Waals surface area contributed by atoms with Gasteiger partial charge in [-0.15, -0.1) is 0 Å². The number of rotatable bonds is 4. The summed E-state index contributed by atoms with van der Waals surface area (Å²) in [4.78, 5) is 0. The molecule has 0 heterocycles. The Kier molecular flexibility index (Phi) is 5.03. The number of hydrogen-bond acceptors (Lipinski definition) is 5. The molecule has 0 aliphatic carbocycles. The molecule has 0 amide bonds. The summed E-state index contributed by atoms with van der Waals surface area (Å²) in [5, 5.41) is 23.0. The van der Waals surface area contributed by atoms with E-state index in [2.05, 4.69) is 10.3 Å². The second-order valence-corrected chi connectivity index (χ2v) is 4.65. The number of nitrogens with zero attached hydrogens (tertiary/aromatic N) is 2. The highest BCUT2D eigenvalue weighted by Gasteiger charge is 2.04. The predicted molar refractivity (Wildman–Crippen MR) is 81.3 cm³/mol. The largest absolute Gasteiger partial charge is 0.457 e. The molecule has 108 valence electrons. The Morgan fingerprint density at radius 1 is 0.714 bits per heavy atom. The maximum Gasteiger partial charge on any atom is 0.175 e. The second kappa shape index (κ2) is 6.97. The van der Waals surface area contributed by atoms with Crippen LogP contribution in [0.25, 0.3) is 0 Å². The molecule has 0 bridgehead atoms. The molecule has 0 spiro atoms. The first-order chi connectivity index (χ1) is 10.1. The fourth-order valence-electron chi connectivity index (χ4n) is 1.57. The molecule has 2 rings (SSSR count). The highest BCUT2D eigenvalue weighted by Crippen LogP contribution is 2.23. The normalized spacial score (nSPS) is 12.3. The van der Waals surface area contributed by atoms with Gasteiger partial charge in [0.15, 0.2) is 10.3 Å². The molecule has 0 atom stereocenters.